The van der Waals surface area contributed by atoms with Crippen molar-refractivity contribution >= 4 is 40.3 Å². The van der Waals surface area contributed by atoms with Crippen molar-refractivity contribution in [3.05, 3.63) is 77.4 Å². The Morgan fingerprint density at radius 1 is 1.11 bits per heavy atom. The number of hydrogen-bond donors (Lipinski definition) is 1. The number of benzene rings is 2. The van der Waals surface area contributed by atoms with Crippen molar-refractivity contribution in [3.8, 4) is 11.3 Å². The monoisotopic (exact) mass is 397 g/mol. The lowest BCUT2D eigenvalue weighted by Gasteiger charge is -2.05. The zero-order chi connectivity index (χ0) is 17.9. The van der Waals surface area contributed by atoms with Crippen LogP contribution in [0.1, 0.15) is 18.2 Å². The third kappa shape index (κ3) is 4.21. The van der Waals surface area contributed by atoms with Gasteiger partial charge in [-0.1, -0.05) is 49.4 Å². The second-order valence-corrected chi connectivity index (χ2v) is 6.98. The van der Waals surface area contributed by atoms with Gasteiger partial charge in [-0.25, -0.2) is 4.98 Å². The lowest BCUT2D eigenvalue weighted by atomic mass is 10.1. The molecule has 0 unspecified atom stereocenters. The van der Waals surface area contributed by atoms with E-state index in [1.165, 1.54) is 5.56 Å². The Morgan fingerprint density at radius 2 is 1.85 bits per heavy atom. The largest absolute Gasteiger partial charge is 0.326 e. The number of rotatable bonds is 5. The van der Waals surface area contributed by atoms with Crippen molar-refractivity contribution in [3.63, 3.8) is 0 Å². The molecule has 0 fully saturated rings. The Kier molecular flexibility index (Phi) is 5.94. The molecule has 0 aliphatic carbocycles. The van der Waals surface area contributed by atoms with Gasteiger partial charge in [0.2, 0.25) is 5.91 Å². The number of aromatic nitrogens is 2. The molecular weight excluding hydrogens is 378 g/mol. The summed E-state index contributed by atoms with van der Waals surface area (Å²) < 4.78 is 2.01. The molecule has 4 nitrogen and oxygen atoms in total. The number of carbonyl (C=O) groups excluding carboxylic acids is 1. The summed E-state index contributed by atoms with van der Waals surface area (Å²) in [5.41, 5.74) is 5.04. The number of imidazole rings is 1. The van der Waals surface area contributed by atoms with Crippen LogP contribution in [0.15, 0.2) is 66.2 Å². The van der Waals surface area contributed by atoms with Gasteiger partial charge >= 0.3 is 0 Å². The van der Waals surface area contributed by atoms with Gasteiger partial charge in [0, 0.05) is 28.5 Å². The number of thiazole rings is 1. The van der Waals surface area contributed by atoms with Gasteiger partial charge in [0.25, 0.3) is 0 Å². The summed E-state index contributed by atoms with van der Waals surface area (Å²) in [6.45, 7) is 2.12. The number of carbonyl (C=O) groups is 1. The van der Waals surface area contributed by atoms with Gasteiger partial charge < -0.3 is 5.32 Å². The number of fused-ring (bicyclic) bond motifs is 1. The number of anilines is 1. The number of nitrogens with one attached hydrogen (secondary N) is 1. The van der Waals surface area contributed by atoms with E-state index in [1.54, 1.807) is 11.3 Å². The minimum Gasteiger partial charge on any atom is -0.326 e. The Labute approximate surface area is 168 Å². The Balaban J connectivity index is 0.00000210. The van der Waals surface area contributed by atoms with Gasteiger partial charge in [-0.05, 0) is 24.1 Å². The highest BCUT2D eigenvalue weighted by atomic mass is 35.5. The quantitative estimate of drug-likeness (QED) is 0.501. The molecule has 2 aromatic heterocycles. The van der Waals surface area contributed by atoms with Crippen molar-refractivity contribution in [2.45, 2.75) is 19.8 Å². The van der Waals surface area contributed by atoms with E-state index in [-0.39, 0.29) is 18.3 Å². The van der Waals surface area contributed by atoms with Gasteiger partial charge in [0.05, 0.1) is 12.1 Å². The third-order valence-electron chi connectivity index (χ3n) is 4.34. The molecule has 4 rings (SSSR count). The number of nitrogens with zero attached hydrogens (tertiary/aromatic N) is 2. The third-order valence-corrected chi connectivity index (χ3v) is 5.23. The molecular formula is C21H20ClN3OS. The summed E-state index contributed by atoms with van der Waals surface area (Å²) in [7, 11) is 0. The van der Waals surface area contributed by atoms with Crippen molar-refractivity contribution in [2.24, 2.45) is 0 Å². The summed E-state index contributed by atoms with van der Waals surface area (Å²) in [5.74, 6) is -0.0242. The summed E-state index contributed by atoms with van der Waals surface area (Å²) >= 11 is 1.55. The van der Waals surface area contributed by atoms with Crippen molar-refractivity contribution in [1.29, 1.82) is 0 Å². The molecule has 0 saturated carbocycles. The van der Waals surface area contributed by atoms with E-state index in [4.69, 9.17) is 0 Å². The highest BCUT2D eigenvalue weighted by Crippen LogP contribution is 2.24. The minimum absolute atomic E-state index is 0. The van der Waals surface area contributed by atoms with Crippen molar-refractivity contribution in [2.75, 3.05) is 5.32 Å². The number of hydrogen-bond acceptors (Lipinski definition) is 3. The first-order valence-electron chi connectivity index (χ1n) is 8.62. The standard InChI is InChI=1S/C21H19N3OS.ClH/c1-2-15-8-10-17(11-9-15)22-20(25)12-18-14-26-21-23-19(13-24(18)21)16-6-4-3-5-7-16;/h3-11,13-14H,2,12H2,1H3,(H,22,25);1H. The van der Waals surface area contributed by atoms with Crippen molar-refractivity contribution < 1.29 is 4.79 Å². The normalized spacial score (nSPS) is 10.6. The molecule has 0 radical (unpaired) electrons. The van der Waals surface area contributed by atoms with Gasteiger partial charge in [-0.15, -0.1) is 23.7 Å². The van der Waals surface area contributed by atoms with E-state index < -0.39 is 0 Å². The van der Waals surface area contributed by atoms with Crippen LogP contribution < -0.4 is 5.32 Å². The molecule has 138 valence electrons. The van der Waals surface area contributed by atoms with E-state index in [9.17, 15) is 4.79 Å². The van der Waals surface area contributed by atoms with Gasteiger partial charge in [-0.2, -0.15) is 0 Å². The molecule has 27 heavy (non-hydrogen) atoms. The predicted octanol–water partition coefficient (Wildman–Crippen LogP) is 5.23. The van der Waals surface area contributed by atoms with Crippen LogP contribution in [-0.4, -0.2) is 15.3 Å². The molecule has 1 amide bonds. The number of halogens is 1. The molecule has 0 saturated heterocycles. The zero-order valence-corrected chi connectivity index (χ0v) is 16.5. The first kappa shape index (κ1) is 19.1. The van der Waals surface area contributed by atoms with Crippen molar-refractivity contribution in [1.82, 2.24) is 9.38 Å². The predicted molar refractivity (Wildman–Crippen MR) is 114 cm³/mol. The van der Waals surface area contributed by atoms with Crippen LogP contribution in [0.2, 0.25) is 0 Å². The van der Waals surface area contributed by atoms with E-state index >= 15 is 0 Å². The van der Waals surface area contributed by atoms with Gasteiger partial charge in [0.1, 0.15) is 0 Å². The highest BCUT2D eigenvalue weighted by molar-refractivity contribution is 7.15. The van der Waals surface area contributed by atoms with Gasteiger partial charge in [0.15, 0.2) is 4.96 Å². The molecule has 0 aliphatic rings. The lowest BCUT2D eigenvalue weighted by Crippen LogP contribution is -2.15. The molecule has 2 heterocycles. The van der Waals surface area contributed by atoms with Crippen LogP contribution in [0.25, 0.3) is 16.2 Å². The Morgan fingerprint density at radius 3 is 2.56 bits per heavy atom. The first-order valence-corrected chi connectivity index (χ1v) is 9.50. The molecule has 0 bridgehead atoms. The van der Waals surface area contributed by atoms with E-state index in [1.807, 2.05) is 70.6 Å². The summed E-state index contributed by atoms with van der Waals surface area (Å²) in [5, 5.41) is 4.96. The molecule has 0 aliphatic heterocycles. The first-order chi connectivity index (χ1) is 12.7. The second kappa shape index (κ2) is 8.37. The maximum atomic E-state index is 12.4. The maximum absolute atomic E-state index is 12.4. The zero-order valence-electron chi connectivity index (χ0n) is 14.9. The van der Waals surface area contributed by atoms with Crippen LogP contribution >= 0.6 is 23.7 Å². The molecule has 0 spiro atoms. The smallest absolute Gasteiger partial charge is 0.230 e. The van der Waals surface area contributed by atoms with E-state index in [0.29, 0.717) is 6.42 Å². The fourth-order valence-electron chi connectivity index (χ4n) is 2.90. The summed E-state index contributed by atoms with van der Waals surface area (Å²) in [6.07, 6.45) is 3.31. The Bertz CT molecular complexity index is 1040. The van der Waals surface area contributed by atoms with Gasteiger partial charge in [-0.3, -0.25) is 9.20 Å². The van der Waals surface area contributed by atoms with Crippen LogP contribution in [-0.2, 0) is 17.6 Å². The molecule has 2 aromatic carbocycles. The van der Waals surface area contributed by atoms with E-state index in [2.05, 4.69) is 17.2 Å². The topological polar surface area (TPSA) is 46.4 Å². The number of aryl methyl sites for hydroxylation is 1. The fourth-order valence-corrected chi connectivity index (χ4v) is 3.77. The van der Waals surface area contributed by atoms with Crippen LogP contribution in [0.3, 0.4) is 0 Å². The number of amides is 1. The Hall–Kier alpha value is -2.63. The average molecular weight is 398 g/mol. The molecule has 0 atom stereocenters. The minimum atomic E-state index is -0.0242. The molecule has 4 aromatic rings. The average Bonchev–Trinajstić information content (AvgIpc) is 3.25. The second-order valence-electron chi connectivity index (χ2n) is 6.15. The molecule has 1 N–H and O–H groups in total. The van der Waals surface area contributed by atoms with Crippen LogP contribution in [0.5, 0.6) is 0 Å². The lowest BCUT2D eigenvalue weighted by molar-refractivity contribution is -0.115. The van der Waals surface area contributed by atoms with E-state index in [0.717, 1.165) is 34.0 Å². The van der Waals surface area contributed by atoms with Crippen LogP contribution in [0, 0.1) is 0 Å². The SMILES string of the molecule is CCc1ccc(NC(=O)Cc2csc3nc(-c4ccccc4)cn23)cc1.Cl. The summed E-state index contributed by atoms with van der Waals surface area (Å²) in [6, 6.07) is 18.1. The van der Waals surface area contributed by atoms with Crippen LogP contribution in [0.4, 0.5) is 5.69 Å². The maximum Gasteiger partial charge on any atom is 0.230 e. The molecule has 6 heteroatoms. The highest BCUT2D eigenvalue weighted by Gasteiger charge is 2.12. The fraction of sp³-hybridized carbons (Fsp3) is 0.143. The summed E-state index contributed by atoms with van der Waals surface area (Å²) in [4.78, 5) is 18.0.